The van der Waals surface area contributed by atoms with Gasteiger partial charge in [0.25, 0.3) is 0 Å². The van der Waals surface area contributed by atoms with E-state index in [0.29, 0.717) is 29.2 Å². The first kappa shape index (κ1) is 25.6. The molecule has 8 nitrogen and oxygen atoms in total. The minimum atomic E-state index is 0.0949. The Morgan fingerprint density at radius 3 is 2.48 bits per heavy atom. The van der Waals surface area contributed by atoms with Crippen molar-refractivity contribution >= 4 is 70.8 Å². The molecule has 3 aromatic rings. The second kappa shape index (κ2) is 12.4. The molecule has 0 fully saturated rings. The highest BCUT2D eigenvalue weighted by Gasteiger charge is 2.14. The standard InChI is InChI=1S/C17H29B2I2N8P2/c1-14(5-19(20)30)6-28-10-16(22-24-28)8-26-3-4-27(13-26)9-17-11-29(25-23-17)7-15(2)12-31(18)21/h3-4,10-11,13-15H,5-9,12,18,30H2,1-2H3/q+1. The summed E-state index contributed by atoms with van der Waals surface area (Å²) in [5, 5.41) is 17.3. The van der Waals surface area contributed by atoms with Crippen molar-refractivity contribution in [1.82, 2.24) is 34.6 Å². The lowest BCUT2D eigenvalue weighted by molar-refractivity contribution is -0.688. The average Bonchev–Trinajstić information content (AvgIpc) is 3.37. The predicted molar refractivity (Wildman–Crippen MR) is 150 cm³/mol. The van der Waals surface area contributed by atoms with Crippen molar-refractivity contribution in [2.24, 2.45) is 11.8 Å². The molecule has 0 bridgehead atoms. The third-order valence-corrected chi connectivity index (χ3v) is 7.88. The summed E-state index contributed by atoms with van der Waals surface area (Å²) < 4.78 is 8.78. The topological polar surface area (TPSA) is 70.2 Å². The highest BCUT2D eigenvalue weighted by Crippen LogP contribution is 2.41. The van der Waals surface area contributed by atoms with Gasteiger partial charge in [-0.05, 0) is 18.0 Å². The second-order valence-corrected chi connectivity index (χ2v) is 18.6. The zero-order valence-corrected chi connectivity index (χ0v) is 24.6. The number of hydrogen-bond donors (Lipinski definition) is 0. The van der Waals surface area contributed by atoms with Crippen molar-refractivity contribution < 1.29 is 4.57 Å². The van der Waals surface area contributed by atoms with Gasteiger partial charge in [-0.2, -0.15) is 9.12 Å². The molecule has 3 rings (SSSR count). The predicted octanol–water partition coefficient (Wildman–Crippen LogP) is 2.51. The van der Waals surface area contributed by atoms with Crippen molar-refractivity contribution in [1.29, 1.82) is 0 Å². The van der Waals surface area contributed by atoms with Crippen LogP contribution >= 0.6 is 59.0 Å². The zero-order chi connectivity index (χ0) is 22.4. The van der Waals surface area contributed by atoms with E-state index in [1.54, 1.807) is 0 Å². The van der Waals surface area contributed by atoms with Crippen molar-refractivity contribution in [3.63, 3.8) is 0 Å². The van der Waals surface area contributed by atoms with Crippen LogP contribution in [0.4, 0.5) is 0 Å². The molecule has 31 heavy (non-hydrogen) atoms. The second-order valence-electron chi connectivity index (χ2n) is 8.37. The maximum Gasteiger partial charge on any atom is 0.244 e. The molecule has 3 heterocycles. The highest BCUT2D eigenvalue weighted by atomic mass is 127. The molecule has 0 aliphatic heterocycles. The number of aromatic nitrogens is 8. The van der Waals surface area contributed by atoms with Crippen molar-refractivity contribution in [2.75, 3.05) is 6.16 Å². The lowest BCUT2D eigenvalue weighted by Crippen LogP contribution is -2.31. The van der Waals surface area contributed by atoms with Crippen LogP contribution in [0.5, 0.6) is 0 Å². The van der Waals surface area contributed by atoms with Crippen LogP contribution in [-0.2, 0) is 26.2 Å². The molecular formula is C17H29B2I2N8P2+. The van der Waals surface area contributed by atoms with E-state index in [2.05, 4.69) is 136 Å². The summed E-state index contributed by atoms with van der Waals surface area (Å²) in [6.45, 7) is 7.79. The van der Waals surface area contributed by atoms with E-state index in [9.17, 15) is 0 Å². The van der Waals surface area contributed by atoms with Gasteiger partial charge in [-0.3, -0.25) is 9.36 Å². The van der Waals surface area contributed by atoms with Gasteiger partial charge < -0.3 is 0 Å². The molecule has 0 spiro atoms. The SMILES string of the molecule is BP(I)CC(C)Cn1cc(C[n+]2ccn(Cc3cn(CC(C)CB(P)I)nn3)c2)nn1. The van der Waals surface area contributed by atoms with E-state index in [0.717, 1.165) is 30.8 Å². The molecule has 4 atom stereocenters. The maximum atomic E-state index is 4.35. The Morgan fingerprint density at radius 2 is 1.81 bits per heavy atom. The van der Waals surface area contributed by atoms with E-state index >= 15 is 0 Å². The maximum absolute atomic E-state index is 4.35. The van der Waals surface area contributed by atoms with Crippen LogP contribution in [0, 0.1) is 11.8 Å². The first-order valence-electron chi connectivity index (χ1n) is 10.4. The molecule has 166 valence electrons. The van der Waals surface area contributed by atoms with Crippen molar-refractivity contribution in [3.05, 3.63) is 42.5 Å². The molecule has 0 aliphatic rings. The Kier molecular flexibility index (Phi) is 10.2. The molecule has 14 heteroatoms. The molecule has 0 aliphatic carbocycles. The number of hydrogen-bond acceptors (Lipinski definition) is 4. The minimum absolute atomic E-state index is 0.0949. The van der Waals surface area contributed by atoms with Crippen LogP contribution in [0.1, 0.15) is 25.2 Å². The first-order valence-corrected chi connectivity index (χ1v) is 17.0. The quantitative estimate of drug-likeness (QED) is 0.128. The van der Waals surface area contributed by atoms with Crippen LogP contribution in [0.2, 0.25) is 6.32 Å². The molecule has 0 saturated heterocycles. The zero-order valence-electron chi connectivity index (χ0n) is 18.2. The highest BCUT2D eigenvalue weighted by molar-refractivity contribution is 14.2. The Balaban J connectivity index is 1.51. The van der Waals surface area contributed by atoms with Crippen LogP contribution < -0.4 is 4.57 Å². The van der Waals surface area contributed by atoms with Gasteiger partial charge in [0.05, 0.1) is 12.4 Å². The van der Waals surface area contributed by atoms with Crippen LogP contribution in [0.3, 0.4) is 0 Å². The minimum Gasteiger partial charge on any atom is -0.252 e. The van der Waals surface area contributed by atoms with Crippen molar-refractivity contribution in [2.45, 2.75) is 46.3 Å². The summed E-state index contributed by atoms with van der Waals surface area (Å²) in [6, 6.07) is 0. The average molecular weight is 683 g/mol. The Labute approximate surface area is 215 Å². The summed E-state index contributed by atoms with van der Waals surface area (Å²) in [7, 11) is 5.17. The normalized spacial score (nSPS) is 14.5. The Bertz CT molecular complexity index is 875. The summed E-state index contributed by atoms with van der Waals surface area (Å²) in [5.41, 5.74) is 2.04. The molecule has 0 amide bonds. The molecular weight excluding hydrogens is 654 g/mol. The van der Waals surface area contributed by atoms with E-state index in [-0.39, 0.29) is 5.44 Å². The number of halogens is 2. The van der Waals surface area contributed by atoms with Crippen molar-refractivity contribution in [3.8, 4) is 0 Å². The molecule has 0 radical (unpaired) electrons. The summed E-state index contributed by atoms with van der Waals surface area (Å²) in [6.07, 6.45) is 12.7. The van der Waals surface area contributed by atoms with Crippen LogP contribution in [-0.4, -0.2) is 52.6 Å². The molecule has 0 saturated carbocycles. The van der Waals surface area contributed by atoms with E-state index in [1.165, 1.54) is 6.16 Å². The summed E-state index contributed by atoms with van der Waals surface area (Å²) >= 11 is 4.99. The Hall–Kier alpha value is -0.0601. The smallest absolute Gasteiger partial charge is 0.244 e. The fraction of sp³-hybridized carbons (Fsp3) is 0.588. The van der Waals surface area contributed by atoms with E-state index < -0.39 is 0 Å². The fourth-order valence-electron chi connectivity index (χ4n) is 3.59. The lowest BCUT2D eigenvalue weighted by Gasteiger charge is -2.12. The summed E-state index contributed by atoms with van der Waals surface area (Å²) in [5.74, 6) is 1.20. The van der Waals surface area contributed by atoms with Gasteiger partial charge >= 0.3 is 0 Å². The number of nitrogens with zero attached hydrogens (tertiary/aromatic N) is 8. The monoisotopic (exact) mass is 683 g/mol. The molecule has 0 aromatic carbocycles. The number of rotatable bonds is 12. The van der Waals surface area contributed by atoms with Gasteiger partial charge in [0.1, 0.15) is 44.4 Å². The van der Waals surface area contributed by atoms with Gasteiger partial charge in [0, 0.05) is 13.1 Å². The molecule has 0 N–H and O–H groups in total. The van der Waals surface area contributed by atoms with Gasteiger partial charge in [-0.1, -0.05) is 58.1 Å². The van der Waals surface area contributed by atoms with Gasteiger partial charge in [-0.15, -0.1) is 32.6 Å². The lowest BCUT2D eigenvalue weighted by atomic mass is 9.91. The fourth-order valence-corrected chi connectivity index (χ4v) is 7.91. The third kappa shape index (κ3) is 9.01. The van der Waals surface area contributed by atoms with Gasteiger partial charge in [0.2, 0.25) is 10.6 Å². The largest absolute Gasteiger partial charge is 0.252 e. The summed E-state index contributed by atoms with van der Waals surface area (Å²) in [4.78, 5) is 0. The van der Waals surface area contributed by atoms with Crippen LogP contribution in [0.15, 0.2) is 31.1 Å². The van der Waals surface area contributed by atoms with Crippen LogP contribution in [0.25, 0.3) is 0 Å². The first-order chi connectivity index (χ1) is 14.8. The van der Waals surface area contributed by atoms with Gasteiger partial charge in [-0.25, -0.2) is 9.13 Å². The van der Waals surface area contributed by atoms with E-state index in [1.807, 2.05) is 9.36 Å². The van der Waals surface area contributed by atoms with E-state index in [4.69, 9.17) is 0 Å². The molecule has 4 unspecified atom stereocenters. The number of imidazole rings is 1. The Morgan fingerprint density at radius 1 is 1.16 bits per heavy atom. The third-order valence-electron chi connectivity index (χ3n) is 4.80. The van der Waals surface area contributed by atoms with Gasteiger partial charge in [0.15, 0.2) is 0 Å². The molecule has 3 aromatic heterocycles.